The number of rotatable bonds is 5. The summed E-state index contributed by atoms with van der Waals surface area (Å²) in [6, 6.07) is 7.26. The molecule has 0 bridgehead atoms. The van der Waals surface area contributed by atoms with Crippen LogP contribution in [0.15, 0.2) is 18.2 Å². The molecule has 0 heterocycles. The van der Waals surface area contributed by atoms with Gasteiger partial charge in [0.1, 0.15) is 0 Å². The second-order valence-electron chi connectivity index (χ2n) is 6.96. The van der Waals surface area contributed by atoms with Gasteiger partial charge in [-0.2, -0.15) is 0 Å². The Balaban J connectivity index is 2.86. The van der Waals surface area contributed by atoms with E-state index in [9.17, 15) is 0 Å². The van der Waals surface area contributed by atoms with Crippen molar-refractivity contribution in [1.29, 1.82) is 0 Å². The van der Waals surface area contributed by atoms with Crippen LogP contribution in [0.3, 0.4) is 0 Å². The molecule has 1 atom stereocenters. The smallest absolute Gasteiger partial charge is 0.0471 e. The van der Waals surface area contributed by atoms with E-state index in [-0.39, 0.29) is 5.41 Å². The predicted octanol–water partition coefficient (Wildman–Crippen LogP) is 4.71. The summed E-state index contributed by atoms with van der Waals surface area (Å²) < 4.78 is 0. The van der Waals surface area contributed by atoms with Gasteiger partial charge >= 0.3 is 0 Å². The summed E-state index contributed by atoms with van der Waals surface area (Å²) in [7, 11) is 2.13. The van der Waals surface area contributed by atoms with Gasteiger partial charge in [-0.3, -0.25) is 0 Å². The third-order valence-electron chi connectivity index (χ3n) is 3.98. The Hall–Kier alpha value is -0.730. The van der Waals surface area contributed by atoms with Gasteiger partial charge in [0.05, 0.1) is 0 Å². The van der Waals surface area contributed by atoms with Crippen LogP contribution in [0.4, 0.5) is 5.69 Å². The first-order chi connectivity index (χ1) is 9.12. The van der Waals surface area contributed by atoms with E-state index in [1.165, 1.54) is 5.69 Å². The molecule has 1 unspecified atom stereocenters. The molecule has 3 heteroatoms. The SMILES string of the molecule is CC(C)NCc1ccc(N(C)C(C)C(C)(C)C)cc1Cl. The highest BCUT2D eigenvalue weighted by atomic mass is 35.5. The van der Waals surface area contributed by atoms with E-state index in [1.54, 1.807) is 0 Å². The van der Waals surface area contributed by atoms with Crippen molar-refractivity contribution in [2.24, 2.45) is 5.41 Å². The fraction of sp³-hybridized carbons (Fsp3) is 0.647. The Morgan fingerprint density at radius 3 is 2.25 bits per heavy atom. The fourth-order valence-electron chi connectivity index (χ4n) is 2.02. The summed E-state index contributed by atoms with van der Waals surface area (Å²) in [4.78, 5) is 2.30. The monoisotopic (exact) mass is 296 g/mol. The van der Waals surface area contributed by atoms with Crippen LogP contribution in [0.25, 0.3) is 0 Å². The first-order valence-electron chi connectivity index (χ1n) is 7.37. The van der Waals surface area contributed by atoms with Crippen molar-refractivity contribution in [2.45, 2.75) is 60.2 Å². The van der Waals surface area contributed by atoms with Crippen molar-refractivity contribution in [3.05, 3.63) is 28.8 Å². The molecule has 0 aliphatic carbocycles. The van der Waals surface area contributed by atoms with Crippen LogP contribution in [0, 0.1) is 5.41 Å². The van der Waals surface area contributed by atoms with E-state index in [0.717, 1.165) is 17.1 Å². The lowest BCUT2D eigenvalue weighted by atomic mass is 9.87. The van der Waals surface area contributed by atoms with Crippen molar-refractivity contribution in [1.82, 2.24) is 5.32 Å². The van der Waals surface area contributed by atoms with Gasteiger partial charge in [0.2, 0.25) is 0 Å². The number of nitrogens with zero attached hydrogens (tertiary/aromatic N) is 1. The number of hydrogen-bond acceptors (Lipinski definition) is 2. The van der Waals surface area contributed by atoms with Gasteiger partial charge in [0, 0.05) is 36.4 Å². The molecule has 0 saturated heterocycles. The maximum atomic E-state index is 6.41. The number of halogens is 1. The van der Waals surface area contributed by atoms with E-state index < -0.39 is 0 Å². The lowest BCUT2D eigenvalue weighted by molar-refractivity contribution is 0.330. The van der Waals surface area contributed by atoms with Crippen LogP contribution in [-0.2, 0) is 6.54 Å². The highest BCUT2D eigenvalue weighted by molar-refractivity contribution is 6.31. The molecular weight excluding hydrogens is 268 g/mol. The lowest BCUT2D eigenvalue weighted by Gasteiger charge is -2.37. The molecule has 1 rings (SSSR count). The van der Waals surface area contributed by atoms with E-state index in [1.807, 2.05) is 0 Å². The zero-order chi connectivity index (χ0) is 15.5. The molecule has 20 heavy (non-hydrogen) atoms. The summed E-state index contributed by atoms with van der Waals surface area (Å²) in [6.45, 7) is 14.1. The van der Waals surface area contributed by atoms with Crippen LogP contribution in [-0.4, -0.2) is 19.1 Å². The molecular formula is C17H29ClN2. The summed E-state index contributed by atoms with van der Waals surface area (Å²) in [5.74, 6) is 0. The van der Waals surface area contributed by atoms with Crippen molar-refractivity contribution in [3.8, 4) is 0 Å². The maximum Gasteiger partial charge on any atom is 0.0471 e. The molecule has 1 aromatic rings. The average molecular weight is 297 g/mol. The highest BCUT2D eigenvalue weighted by Crippen LogP contribution is 2.30. The largest absolute Gasteiger partial charge is 0.371 e. The zero-order valence-electron chi connectivity index (χ0n) is 13.9. The Kier molecular flexibility index (Phi) is 5.91. The summed E-state index contributed by atoms with van der Waals surface area (Å²) in [5.41, 5.74) is 2.56. The Morgan fingerprint density at radius 1 is 1.20 bits per heavy atom. The Bertz CT molecular complexity index is 435. The summed E-state index contributed by atoms with van der Waals surface area (Å²) in [5, 5.41) is 4.24. The molecule has 0 aromatic heterocycles. The molecule has 1 aromatic carbocycles. The van der Waals surface area contributed by atoms with Crippen LogP contribution < -0.4 is 10.2 Å². The zero-order valence-corrected chi connectivity index (χ0v) is 14.7. The lowest BCUT2D eigenvalue weighted by Crippen LogP contribution is -2.39. The van der Waals surface area contributed by atoms with Crippen LogP contribution in [0.1, 0.15) is 47.1 Å². The minimum atomic E-state index is 0.235. The number of benzene rings is 1. The van der Waals surface area contributed by atoms with Crippen LogP contribution in [0.5, 0.6) is 0 Å². The third-order valence-corrected chi connectivity index (χ3v) is 4.33. The minimum Gasteiger partial charge on any atom is -0.371 e. The van der Waals surface area contributed by atoms with Crippen LogP contribution in [0.2, 0.25) is 5.02 Å². The average Bonchev–Trinajstić information content (AvgIpc) is 2.34. The third kappa shape index (κ3) is 4.68. The molecule has 0 radical (unpaired) electrons. The first kappa shape index (κ1) is 17.3. The Morgan fingerprint density at radius 2 is 1.80 bits per heavy atom. The predicted molar refractivity (Wildman–Crippen MR) is 90.7 cm³/mol. The first-order valence-corrected chi connectivity index (χ1v) is 7.75. The van der Waals surface area contributed by atoms with Crippen molar-refractivity contribution < 1.29 is 0 Å². The topological polar surface area (TPSA) is 15.3 Å². The molecule has 0 spiro atoms. The van der Waals surface area contributed by atoms with Crippen molar-refractivity contribution >= 4 is 17.3 Å². The van der Waals surface area contributed by atoms with E-state index in [2.05, 4.69) is 77.0 Å². The number of nitrogens with one attached hydrogen (secondary N) is 1. The molecule has 0 amide bonds. The maximum absolute atomic E-state index is 6.41. The van der Waals surface area contributed by atoms with E-state index in [4.69, 9.17) is 11.6 Å². The molecule has 0 aliphatic rings. The normalized spacial score (nSPS) is 13.7. The standard InChI is InChI=1S/C17H29ClN2/c1-12(2)19-11-14-8-9-15(10-16(14)18)20(7)13(3)17(4,5)6/h8-10,12-13,19H,11H2,1-7H3. The van der Waals surface area contributed by atoms with Gasteiger partial charge in [-0.25, -0.2) is 0 Å². The molecule has 0 aliphatic heterocycles. The molecule has 2 nitrogen and oxygen atoms in total. The minimum absolute atomic E-state index is 0.235. The fourth-order valence-corrected chi connectivity index (χ4v) is 2.26. The van der Waals surface area contributed by atoms with Crippen molar-refractivity contribution in [3.63, 3.8) is 0 Å². The number of hydrogen-bond donors (Lipinski definition) is 1. The summed E-state index contributed by atoms with van der Waals surface area (Å²) in [6.07, 6.45) is 0. The van der Waals surface area contributed by atoms with E-state index >= 15 is 0 Å². The van der Waals surface area contributed by atoms with Gasteiger partial charge in [-0.15, -0.1) is 0 Å². The quantitative estimate of drug-likeness (QED) is 0.846. The second kappa shape index (κ2) is 6.82. The highest BCUT2D eigenvalue weighted by Gasteiger charge is 2.24. The van der Waals surface area contributed by atoms with E-state index in [0.29, 0.717) is 12.1 Å². The molecule has 1 N–H and O–H groups in total. The Labute approximate surface area is 129 Å². The van der Waals surface area contributed by atoms with Crippen LogP contribution >= 0.6 is 11.6 Å². The molecule has 0 fully saturated rings. The number of anilines is 1. The molecule has 114 valence electrons. The van der Waals surface area contributed by atoms with Gasteiger partial charge in [-0.1, -0.05) is 52.3 Å². The van der Waals surface area contributed by atoms with Gasteiger partial charge < -0.3 is 10.2 Å². The van der Waals surface area contributed by atoms with Crippen molar-refractivity contribution in [2.75, 3.05) is 11.9 Å². The van der Waals surface area contributed by atoms with Gasteiger partial charge in [0.15, 0.2) is 0 Å². The van der Waals surface area contributed by atoms with Gasteiger partial charge in [0.25, 0.3) is 0 Å². The summed E-state index contributed by atoms with van der Waals surface area (Å²) >= 11 is 6.41. The molecule has 0 saturated carbocycles. The van der Waals surface area contributed by atoms with Gasteiger partial charge in [-0.05, 0) is 30.0 Å². The second-order valence-corrected chi connectivity index (χ2v) is 7.37.